The fourth-order valence-corrected chi connectivity index (χ4v) is 1.85. The predicted molar refractivity (Wildman–Crippen MR) is 65.8 cm³/mol. The number of nitrogens with zero attached hydrogens (tertiary/aromatic N) is 3. The van der Waals surface area contributed by atoms with Gasteiger partial charge in [0.2, 0.25) is 0 Å². The molecule has 1 aromatic rings. The third-order valence-corrected chi connectivity index (χ3v) is 2.63. The fraction of sp³-hybridized carbons (Fsp3) is 0.667. The summed E-state index contributed by atoms with van der Waals surface area (Å²) in [6.45, 7) is -0.447. The zero-order chi connectivity index (χ0) is 10.8. The SMILES string of the molecule is Cl.Cl.N[C@@H]1CCN(Cc2nccn2C(F)F)C1. The fourth-order valence-electron chi connectivity index (χ4n) is 1.85. The Bertz CT molecular complexity index is 335. The Morgan fingerprint density at radius 3 is 2.71 bits per heavy atom. The molecular formula is C9H16Cl2F2N4. The van der Waals surface area contributed by atoms with Crippen molar-refractivity contribution in [1.29, 1.82) is 0 Å². The molecule has 1 aromatic heterocycles. The molecule has 8 heteroatoms. The third-order valence-electron chi connectivity index (χ3n) is 2.63. The molecule has 0 radical (unpaired) electrons. The Hall–Kier alpha value is -0.430. The monoisotopic (exact) mass is 288 g/mol. The van der Waals surface area contributed by atoms with Crippen molar-refractivity contribution in [3.8, 4) is 0 Å². The average Bonchev–Trinajstić information content (AvgIpc) is 2.75. The van der Waals surface area contributed by atoms with Gasteiger partial charge in [-0.2, -0.15) is 8.78 Å². The van der Waals surface area contributed by atoms with Crippen LogP contribution in [-0.2, 0) is 6.54 Å². The third kappa shape index (κ3) is 4.06. The summed E-state index contributed by atoms with van der Waals surface area (Å²) in [7, 11) is 0. The highest BCUT2D eigenvalue weighted by Gasteiger charge is 2.21. The van der Waals surface area contributed by atoms with Gasteiger partial charge in [0, 0.05) is 31.5 Å². The van der Waals surface area contributed by atoms with E-state index >= 15 is 0 Å². The zero-order valence-corrected chi connectivity index (χ0v) is 10.8. The first-order chi connectivity index (χ1) is 7.16. The van der Waals surface area contributed by atoms with Gasteiger partial charge in [-0.3, -0.25) is 9.47 Å². The van der Waals surface area contributed by atoms with Crippen molar-refractivity contribution in [2.24, 2.45) is 5.73 Å². The molecule has 4 nitrogen and oxygen atoms in total. The molecule has 1 aliphatic rings. The molecule has 0 aromatic carbocycles. The van der Waals surface area contributed by atoms with Crippen molar-refractivity contribution in [2.75, 3.05) is 13.1 Å². The molecule has 1 saturated heterocycles. The van der Waals surface area contributed by atoms with Crippen LogP contribution in [0.5, 0.6) is 0 Å². The molecule has 1 fully saturated rings. The molecule has 1 aliphatic heterocycles. The number of aromatic nitrogens is 2. The summed E-state index contributed by atoms with van der Waals surface area (Å²) in [6.07, 6.45) is 3.63. The first-order valence-electron chi connectivity index (χ1n) is 4.94. The van der Waals surface area contributed by atoms with Crippen molar-refractivity contribution in [3.05, 3.63) is 18.2 Å². The first kappa shape index (κ1) is 16.6. The number of nitrogens with two attached hydrogens (primary N) is 1. The quantitative estimate of drug-likeness (QED) is 0.920. The number of hydrogen-bond acceptors (Lipinski definition) is 3. The summed E-state index contributed by atoms with van der Waals surface area (Å²) in [4.78, 5) is 5.97. The van der Waals surface area contributed by atoms with Crippen LogP contribution in [0.25, 0.3) is 0 Å². The van der Waals surface area contributed by atoms with Crippen LogP contribution < -0.4 is 5.73 Å². The Balaban J connectivity index is 0.00000128. The highest BCUT2D eigenvalue weighted by Crippen LogP contribution is 2.16. The molecular weight excluding hydrogens is 273 g/mol. The maximum absolute atomic E-state index is 12.5. The normalized spacial score (nSPS) is 20.1. The molecule has 17 heavy (non-hydrogen) atoms. The van der Waals surface area contributed by atoms with Gasteiger partial charge < -0.3 is 5.73 Å². The van der Waals surface area contributed by atoms with Crippen LogP contribution in [0.4, 0.5) is 8.78 Å². The second kappa shape index (κ2) is 7.10. The van der Waals surface area contributed by atoms with Crippen LogP contribution in [0, 0.1) is 0 Å². The van der Waals surface area contributed by atoms with Gasteiger partial charge >= 0.3 is 6.55 Å². The van der Waals surface area contributed by atoms with E-state index in [0.717, 1.165) is 24.1 Å². The number of rotatable bonds is 3. The van der Waals surface area contributed by atoms with E-state index in [2.05, 4.69) is 4.98 Å². The van der Waals surface area contributed by atoms with Gasteiger partial charge in [-0.1, -0.05) is 0 Å². The molecule has 0 amide bonds. The van der Waals surface area contributed by atoms with Crippen molar-refractivity contribution in [2.45, 2.75) is 25.6 Å². The summed E-state index contributed by atoms with van der Waals surface area (Å²) in [6, 6.07) is 0.167. The number of hydrogen-bond donors (Lipinski definition) is 1. The second-order valence-electron chi connectivity index (χ2n) is 3.81. The molecule has 0 aliphatic carbocycles. The Kier molecular flexibility index (Phi) is 6.92. The Morgan fingerprint density at radius 2 is 2.18 bits per heavy atom. The molecule has 0 saturated carbocycles. The van der Waals surface area contributed by atoms with Crippen LogP contribution in [0.1, 0.15) is 18.8 Å². The Labute approximate surface area is 111 Å². The second-order valence-corrected chi connectivity index (χ2v) is 3.81. The first-order valence-corrected chi connectivity index (χ1v) is 4.94. The summed E-state index contributed by atoms with van der Waals surface area (Å²) in [5, 5.41) is 0. The Morgan fingerprint density at radius 1 is 1.47 bits per heavy atom. The van der Waals surface area contributed by atoms with Gasteiger partial charge in [0.05, 0.1) is 6.54 Å². The van der Waals surface area contributed by atoms with Gasteiger partial charge in [-0.15, -0.1) is 24.8 Å². The molecule has 0 spiro atoms. The summed E-state index contributed by atoms with van der Waals surface area (Å²) < 4.78 is 25.9. The molecule has 0 unspecified atom stereocenters. The van der Waals surface area contributed by atoms with E-state index in [1.54, 1.807) is 0 Å². The smallest absolute Gasteiger partial charge is 0.319 e. The minimum atomic E-state index is -2.52. The molecule has 1 atom stereocenters. The van der Waals surface area contributed by atoms with Crippen molar-refractivity contribution in [1.82, 2.24) is 14.5 Å². The van der Waals surface area contributed by atoms with Crippen molar-refractivity contribution < 1.29 is 8.78 Å². The van der Waals surface area contributed by atoms with E-state index in [1.165, 1.54) is 12.4 Å². The summed E-state index contributed by atoms with van der Waals surface area (Å²) in [5.41, 5.74) is 5.73. The van der Waals surface area contributed by atoms with Crippen molar-refractivity contribution >= 4 is 24.8 Å². The maximum atomic E-state index is 12.5. The molecule has 100 valence electrons. The highest BCUT2D eigenvalue weighted by molar-refractivity contribution is 5.85. The lowest BCUT2D eigenvalue weighted by atomic mass is 10.3. The maximum Gasteiger partial charge on any atom is 0.319 e. The topological polar surface area (TPSA) is 47.1 Å². The minimum absolute atomic E-state index is 0. The lowest BCUT2D eigenvalue weighted by Crippen LogP contribution is -2.27. The lowest BCUT2D eigenvalue weighted by Gasteiger charge is -2.15. The molecule has 2 heterocycles. The number of alkyl halides is 2. The van der Waals surface area contributed by atoms with E-state index in [9.17, 15) is 8.78 Å². The summed E-state index contributed by atoms with van der Waals surface area (Å²) >= 11 is 0. The van der Waals surface area contributed by atoms with Gasteiger partial charge in [0.1, 0.15) is 5.82 Å². The molecule has 2 N–H and O–H groups in total. The number of likely N-dealkylation sites (tertiary alicyclic amines) is 1. The number of halogens is 4. The molecule has 0 bridgehead atoms. The van der Waals surface area contributed by atoms with E-state index in [4.69, 9.17) is 5.73 Å². The van der Waals surface area contributed by atoms with E-state index < -0.39 is 6.55 Å². The van der Waals surface area contributed by atoms with Gasteiger partial charge in [0.25, 0.3) is 0 Å². The zero-order valence-electron chi connectivity index (χ0n) is 9.13. The number of imidazole rings is 1. The van der Waals surface area contributed by atoms with E-state index in [0.29, 0.717) is 12.4 Å². The van der Waals surface area contributed by atoms with Crippen LogP contribution in [0.2, 0.25) is 0 Å². The van der Waals surface area contributed by atoms with Gasteiger partial charge in [-0.25, -0.2) is 4.98 Å². The van der Waals surface area contributed by atoms with Crippen LogP contribution in [-0.4, -0.2) is 33.6 Å². The standard InChI is InChI=1S/C9H14F2N4.2ClH/c10-9(11)15-4-2-13-8(15)6-14-3-1-7(12)5-14;;/h2,4,7,9H,1,3,5-6,12H2;2*1H/t7-;;/m1../s1. The lowest BCUT2D eigenvalue weighted by molar-refractivity contribution is 0.0645. The minimum Gasteiger partial charge on any atom is -0.326 e. The molecule has 2 rings (SSSR count). The largest absolute Gasteiger partial charge is 0.326 e. The van der Waals surface area contributed by atoms with Gasteiger partial charge in [-0.05, 0) is 6.42 Å². The average molecular weight is 289 g/mol. The van der Waals surface area contributed by atoms with E-state index in [1.807, 2.05) is 4.90 Å². The van der Waals surface area contributed by atoms with Crippen LogP contribution in [0.3, 0.4) is 0 Å². The van der Waals surface area contributed by atoms with Crippen LogP contribution in [0.15, 0.2) is 12.4 Å². The summed E-state index contributed by atoms with van der Waals surface area (Å²) in [5.74, 6) is 0.402. The van der Waals surface area contributed by atoms with E-state index in [-0.39, 0.29) is 30.9 Å². The van der Waals surface area contributed by atoms with Crippen LogP contribution >= 0.6 is 24.8 Å². The van der Waals surface area contributed by atoms with Crippen molar-refractivity contribution in [3.63, 3.8) is 0 Å². The highest BCUT2D eigenvalue weighted by atomic mass is 35.5. The van der Waals surface area contributed by atoms with Gasteiger partial charge in [0.15, 0.2) is 0 Å². The predicted octanol–water partition coefficient (Wildman–Crippen LogP) is 1.65.